The number of fused-ring (bicyclic) bond motifs is 1. The molecule has 0 saturated carbocycles. The van der Waals surface area contributed by atoms with E-state index in [1.165, 1.54) is 6.92 Å². The lowest BCUT2D eigenvalue weighted by Crippen LogP contribution is -2.14. The number of nitrogens with one attached hydrogen (secondary N) is 1. The number of aryl methyl sites for hydroxylation is 1. The van der Waals surface area contributed by atoms with Crippen molar-refractivity contribution in [1.82, 2.24) is 14.8 Å². The van der Waals surface area contributed by atoms with Crippen LogP contribution in [0.1, 0.15) is 22.8 Å². The molecular formula is C22H18N6O5. The fraction of sp³-hybridized carbons (Fsp3) is 0.136. The van der Waals surface area contributed by atoms with Gasteiger partial charge in [-0.1, -0.05) is 18.2 Å². The molecule has 0 spiro atoms. The van der Waals surface area contributed by atoms with Crippen molar-refractivity contribution in [2.24, 2.45) is 0 Å². The molecular weight excluding hydrogens is 428 g/mol. The van der Waals surface area contributed by atoms with Crippen LogP contribution in [0.4, 0.5) is 17.1 Å². The zero-order chi connectivity index (χ0) is 23.7. The van der Waals surface area contributed by atoms with Gasteiger partial charge in [-0.2, -0.15) is 5.10 Å². The third-order valence-corrected chi connectivity index (χ3v) is 5.22. The number of pyridine rings is 1. The minimum absolute atomic E-state index is 0.0507. The van der Waals surface area contributed by atoms with Gasteiger partial charge in [-0.25, -0.2) is 4.98 Å². The van der Waals surface area contributed by atoms with E-state index in [-0.39, 0.29) is 16.8 Å². The standard InChI is InChI=1S/C22H18N6O5/c1-3-26-12-14(11-23-26)19-10-17(16-6-4-5-7-18(16)25-19)22(29)24-15-8-20(27(30)31)13(2)21(9-15)28(32)33/h4-12H,3H2,1-2H3,(H,24,29). The second kappa shape index (κ2) is 8.46. The van der Waals surface area contributed by atoms with Crippen molar-refractivity contribution in [3.05, 3.63) is 86.2 Å². The predicted octanol–water partition coefficient (Wildman–Crippen LogP) is 4.50. The summed E-state index contributed by atoms with van der Waals surface area (Å²) < 4.78 is 1.73. The Kier molecular flexibility index (Phi) is 5.53. The fourth-order valence-corrected chi connectivity index (χ4v) is 3.51. The number of benzene rings is 2. The van der Waals surface area contributed by atoms with Crippen LogP contribution in [0.15, 0.2) is 54.9 Å². The summed E-state index contributed by atoms with van der Waals surface area (Å²) in [4.78, 5) is 39.1. The number of nitro groups is 2. The van der Waals surface area contributed by atoms with Gasteiger partial charge in [0, 0.05) is 35.8 Å². The van der Waals surface area contributed by atoms with Crippen molar-refractivity contribution >= 4 is 33.9 Å². The Morgan fingerprint density at radius 2 is 1.76 bits per heavy atom. The summed E-state index contributed by atoms with van der Waals surface area (Å²) in [5, 5.41) is 30.1. The third-order valence-electron chi connectivity index (χ3n) is 5.22. The van der Waals surface area contributed by atoms with Crippen molar-refractivity contribution in [3.8, 4) is 11.3 Å². The monoisotopic (exact) mass is 446 g/mol. The molecule has 11 heteroatoms. The summed E-state index contributed by atoms with van der Waals surface area (Å²) in [6.07, 6.45) is 3.46. The second-order valence-electron chi connectivity index (χ2n) is 7.26. The number of carbonyl (C=O) groups is 1. The van der Waals surface area contributed by atoms with Crippen LogP contribution in [0, 0.1) is 27.2 Å². The van der Waals surface area contributed by atoms with E-state index in [0.717, 1.165) is 17.7 Å². The van der Waals surface area contributed by atoms with Gasteiger partial charge in [-0.15, -0.1) is 0 Å². The van der Waals surface area contributed by atoms with E-state index in [1.54, 1.807) is 41.2 Å². The largest absolute Gasteiger partial charge is 0.321 e. The highest BCUT2D eigenvalue weighted by atomic mass is 16.6. The van der Waals surface area contributed by atoms with Gasteiger partial charge in [0.25, 0.3) is 17.3 Å². The zero-order valence-corrected chi connectivity index (χ0v) is 17.7. The molecule has 0 radical (unpaired) electrons. The van der Waals surface area contributed by atoms with E-state index >= 15 is 0 Å². The lowest BCUT2D eigenvalue weighted by Gasteiger charge is -2.11. The maximum Gasteiger partial charge on any atom is 0.281 e. The third kappa shape index (κ3) is 4.11. The topological polar surface area (TPSA) is 146 Å². The maximum atomic E-state index is 13.2. The molecule has 4 rings (SSSR count). The van der Waals surface area contributed by atoms with Crippen LogP contribution in [-0.2, 0) is 6.54 Å². The number of anilines is 1. The first kappa shape index (κ1) is 21.6. The molecule has 0 fully saturated rings. The first-order valence-electron chi connectivity index (χ1n) is 9.96. The number of hydrogen-bond donors (Lipinski definition) is 1. The molecule has 11 nitrogen and oxygen atoms in total. The molecule has 2 aromatic carbocycles. The van der Waals surface area contributed by atoms with Gasteiger partial charge in [-0.05, 0) is 26.0 Å². The highest BCUT2D eigenvalue weighted by molar-refractivity contribution is 6.13. The van der Waals surface area contributed by atoms with Crippen LogP contribution in [0.2, 0.25) is 0 Å². The van der Waals surface area contributed by atoms with E-state index < -0.39 is 27.1 Å². The van der Waals surface area contributed by atoms with Gasteiger partial charge >= 0.3 is 0 Å². The quantitative estimate of drug-likeness (QED) is 0.339. The first-order valence-corrected chi connectivity index (χ1v) is 9.96. The average molecular weight is 446 g/mol. The van der Waals surface area contributed by atoms with Crippen molar-refractivity contribution in [3.63, 3.8) is 0 Å². The number of carbonyl (C=O) groups excluding carboxylic acids is 1. The SMILES string of the molecule is CCn1cc(-c2cc(C(=O)Nc3cc([N+](=O)[O-])c(C)c([N+](=O)[O-])c3)c3ccccc3n2)cn1. The summed E-state index contributed by atoms with van der Waals surface area (Å²) in [5.74, 6) is -0.579. The Hall–Kier alpha value is -4.67. The highest BCUT2D eigenvalue weighted by Gasteiger charge is 2.24. The first-order chi connectivity index (χ1) is 15.8. The summed E-state index contributed by atoms with van der Waals surface area (Å²) in [7, 11) is 0. The zero-order valence-electron chi connectivity index (χ0n) is 17.7. The normalized spacial score (nSPS) is 10.8. The van der Waals surface area contributed by atoms with Crippen LogP contribution in [0.5, 0.6) is 0 Å². The number of nitro benzene ring substituents is 2. The molecule has 1 amide bonds. The molecule has 0 aliphatic rings. The van der Waals surface area contributed by atoms with E-state index in [2.05, 4.69) is 15.4 Å². The lowest BCUT2D eigenvalue weighted by atomic mass is 10.0. The van der Waals surface area contributed by atoms with Crippen LogP contribution in [0.3, 0.4) is 0 Å². The van der Waals surface area contributed by atoms with Crippen LogP contribution in [0.25, 0.3) is 22.2 Å². The molecule has 2 aromatic heterocycles. The molecule has 0 bridgehead atoms. The predicted molar refractivity (Wildman–Crippen MR) is 121 cm³/mol. The molecule has 4 aromatic rings. The van der Waals surface area contributed by atoms with Crippen LogP contribution >= 0.6 is 0 Å². The molecule has 0 atom stereocenters. The number of para-hydroxylation sites is 1. The Morgan fingerprint density at radius 1 is 1.09 bits per heavy atom. The number of hydrogen-bond acceptors (Lipinski definition) is 7. The molecule has 166 valence electrons. The summed E-state index contributed by atoms with van der Waals surface area (Å²) in [6, 6.07) is 10.9. The smallest absolute Gasteiger partial charge is 0.281 e. The molecule has 0 unspecified atom stereocenters. The van der Waals surface area contributed by atoms with E-state index in [9.17, 15) is 25.0 Å². The van der Waals surface area contributed by atoms with Crippen LogP contribution in [-0.4, -0.2) is 30.5 Å². The van der Waals surface area contributed by atoms with Gasteiger partial charge in [0.15, 0.2) is 0 Å². The molecule has 0 saturated heterocycles. The van der Waals surface area contributed by atoms with Crippen molar-refractivity contribution in [1.29, 1.82) is 0 Å². The van der Waals surface area contributed by atoms with Gasteiger partial charge in [0.05, 0.1) is 38.5 Å². The summed E-state index contributed by atoms with van der Waals surface area (Å²) in [5.41, 5.74) is 1.05. The van der Waals surface area contributed by atoms with E-state index in [4.69, 9.17) is 0 Å². The van der Waals surface area contributed by atoms with Crippen molar-refractivity contribution in [2.45, 2.75) is 20.4 Å². The minimum atomic E-state index is -0.719. The Bertz CT molecular complexity index is 1390. The second-order valence-corrected chi connectivity index (χ2v) is 7.26. The number of aromatic nitrogens is 3. The summed E-state index contributed by atoms with van der Waals surface area (Å²) in [6.45, 7) is 3.91. The lowest BCUT2D eigenvalue weighted by molar-refractivity contribution is -0.395. The molecule has 0 aliphatic carbocycles. The molecule has 1 N–H and O–H groups in total. The average Bonchev–Trinajstić information content (AvgIpc) is 3.28. The van der Waals surface area contributed by atoms with Gasteiger partial charge < -0.3 is 5.32 Å². The van der Waals surface area contributed by atoms with Crippen molar-refractivity contribution in [2.75, 3.05) is 5.32 Å². The Balaban J connectivity index is 1.80. The maximum absolute atomic E-state index is 13.2. The van der Waals surface area contributed by atoms with Gasteiger partial charge in [0.1, 0.15) is 5.56 Å². The van der Waals surface area contributed by atoms with Gasteiger partial charge in [0.2, 0.25) is 0 Å². The Labute approximate surface area is 187 Å². The number of rotatable bonds is 6. The summed E-state index contributed by atoms with van der Waals surface area (Å²) >= 11 is 0. The minimum Gasteiger partial charge on any atom is -0.321 e. The van der Waals surface area contributed by atoms with Gasteiger partial charge in [-0.3, -0.25) is 29.7 Å². The Morgan fingerprint density at radius 3 is 2.36 bits per heavy atom. The molecule has 2 heterocycles. The number of amides is 1. The highest BCUT2D eigenvalue weighted by Crippen LogP contribution is 2.32. The molecule has 0 aliphatic heterocycles. The van der Waals surface area contributed by atoms with Crippen molar-refractivity contribution < 1.29 is 14.6 Å². The van der Waals surface area contributed by atoms with E-state index in [0.29, 0.717) is 23.1 Å². The van der Waals surface area contributed by atoms with E-state index in [1.807, 2.05) is 13.1 Å². The fourth-order valence-electron chi connectivity index (χ4n) is 3.51. The van der Waals surface area contributed by atoms with Crippen LogP contribution < -0.4 is 5.32 Å². The molecule has 33 heavy (non-hydrogen) atoms. The number of nitrogens with zero attached hydrogens (tertiary/aromatic N) is 5.